The summed E-state index contributed by atoms with van der Waals surface area (Å²) in [5.74, 6) is 0. The van der Waals surface area contributed by atoms with Crippen molar-refractivity contribution in [1.29, 1.82) is 0 Å². The van der Waals surface area contributed by atoms with E-state index in [-0.39, 0.29) is 6.10 Å². The van der Waals surface area contributed by atoms with Gasteiger partial charge in [0.25, 0.3) is 0 Å². The van der Waals surface area contributed by atoms with Gasteiger partial charge in [-0.2, -0.15) is 0 Å². The topological polar surface area (TPSA) is 35.5 Å². The Morgan fingerprint density at radius 1 is 1.31 bits per heavy atom. The normalized spacial score (nSPS) is 27.4. The second-order valence-corrected chi connectivity index (χ2v) is 2.87. The average molecular weight is 178 g/mol. The van der Waals surface area contributed by atoms with Gasteiger partial charge in [0.2, 0.25) is 6.29 Å². The Morgan fingerprint density at radius 2 is 2.08 bits per heavy atom. The lowest BCUT2D eigenvalue weighted by molar-refractivity contribution is -0.133. The summed E-state index contributed by atoms with van der Waals surface area (Å²) in [6, 6.07) is 9.73. The van der Waals surface area contributed by atoms with Crippen LogP contribution in [-0.4, -0.2) is 19.2 Å². The number of rotatable bonds is 2. The molecule has 1 saturated heterocycles. The lowest BCUT2D eigenvalue weighted by Crippen LogP contribution is -2.08. The van der Waals surface area contributed by atoms with E-state index in [2.05, 4.69) is 0 Å². The smallest absolute Gasteiger partial charge is 0.215 e. The summed E-state index contributed by atoms with van der Waals surface area (Å²) in [7, 11) is 0. The molecular weight excluding hydrogens is 168 g/mol. The van der Waals surface area contributed by atoms with Crippen LogP contribution >= 0.6 is 0 Å². The highest BCUT2D eigenvalue weighted by molar-refractivity contribution is 5.54. The molecule has 0 spiro atoms. The highest BCUT2D eigenvalue weighted by Gasteiger charge is 2.26. The summed E-state index contributed by atoms with van der Waals surface area (Å²) >= 11 is 0. The van der Waals surface area contributed by atoms with Crippen molar-refractivity contribution in [2.75, 3.05) is 6.61 Å². The number of aldehydes is 1. The van der Waals surface area contributed by atoms with Gasteiger partial charge >= 0.3 is 0 Å². The Morgan fingerprint density at radius 3 is 2.69 bits per heavy atom. The Labute approximate surface area is 76.3 Å². The standard InChI is InChI=1S/C10H10O3/c11-6-10-12-7-9(13-10)8-4-2-1-3-5-8/h1-6,9-10H,7H2. The summed E-state index contributed by atoms with van der Waals surface area (Å²) in [6.07, 6.45) is -0.121. The third-order valence-corrected chi connectivity index (χ3v) is 1.99. The predicted octanol–water partition coefficient (Wildman–Crippen LogP) is 1.30. The van der Waals surface area contributed by atoms with Gasteiger partial charge in [0.1, 0.15) is 6.10 Å². The SMILES string of the molecule is O=CC1OCC(c2ccccc2)O1. The van der Waals surface area contributed by atoms with Crippen molar-refractivity contribution in [2.24, 2.45) is 0 Å². The minimum Gasteiger partial charge on any atom is -0.343 e. The molecule has 2 unspecified atom stereocenters. The lowest BCUT2D eigenvalue weighted by Gasteiger charge is -2.07. The highest BCUT2D eigenvalue weighted by atomic mass is 16.7. The molecule has 1 aromatic carbocycles. The number of carbonyl (C=O) groups excluding carboxylic acids is 1. The second kappa shape index (κ2) is 3.68. The van der Waals surface area contributed by atoms with Gasteiger partial charge in [0.15, 0.2) is 6.29 Å². The summed E-state index contributed by atoms with van der Waals surface area (Å²) in [4.78, 5) is 10.3. The van der Waals surface area contributed by atoms with E-state index in [1.54, 1.807) is 0 Å². The number of hydrogen-bond acceptors (Lipinski definition) is 3. The quantitative estimate of drug-likeness (QED) is 0.640. The monoisotopic (exact) mass is 178 g/mol. The van der Waals surface area contributed by atoms with E-state index in [0.717, 1.165) is 5.56 Å². The maximum absolute atomic E-state index is 10.3. The van der Waals surface area contributed by atoms with Gasteiger partial charge in [-0.15, -0.1) is 0 Å². The van der Waals surface area contributed by atoms with Crippen LogP contribution in [0.1, 0.15) is 11.7 Å². The van der Waals surface area contributed by atoms with E-state index in [1.807, 2.05) is 30.3 Å². The molecule has 0 aromatic heterocycles. The first-order valence-corrected chi connectivity index (χ1v) is 4.17. The van der Waals surface area contributed by atoms with Crippen LogP contribution < -0.4 is 0 Å². The van der Waals surface area contributed by atoms with Crippen molar-refractivity contribution >= 4 is 6.29 Å². The minimum atomic E-state index is -0.690. The second-order valence-electron chi connectivity index (χ2n) is 2.87. The van der Waals surface area contributed by atoms with Crippen LogP contribution in [0.3, 0.4) is 0 Å². The lowest BCUT2D eigenvalue weighted by atomic mass is 10.1. The van der Waals surface area contributed by atoms with Crippen LogP contribution in [0.2, 0.25) is 0 Å². The first-order chi connectivity index (χ1) is 6.40. The molecule has 0 radical (unpaired) electrons. The van der Waals surface area contributed by atoms with E-state index < -0.39 is 6.29 Å². The molecule has 0 bridgehead atoms. The van der Waals surface area contributed by atoms with Gasteiger partial charge in [-0.1, -0.05) is 30.3 Å². The maximum Gasteiger partial charge on any atom is 0.215 e. The molecule has 0 N–H and O–H groups in total. The molecule has 1 heterocycles. The van der Waals surface area contributed by atoms with Gasteiger partial charge < -0.3 is 9.47 Å². The van der Waals surface area contributed by atoms with E-state index >= 15 is 0 Å². The molecule has 3 nitrogen and oxygen atoms in total. The Bertz CT molecular complexity index is 283. The van der Waals surface area contributed by atoms with Crippen molar-refractivity contribution in [3.05, 3.63) is 35.9 Å². The molecule has 0 aliphatic carbocycles. The van der Waals surface area contributed by atoms with Gasteiger partial charge in [-0.3, -0.25) is 4.79 Å². The zero-order valence-electron chi connectivity index (χ0n) is 7.05. The fraction of sp³-hybridized carbons (Fsp3) is 0.300. The van der Waals surface area contributed by atoms with Crippen LogP contribution in [0, 0.1) is 0 Å². The number of ether oxygens (including phenoxy) is 2. The van der Waals surface area contributed by atoms with Crippen LogP contribution in [-0.2, 0) is 14.3 Å². The summed E-state index contributed by atoms with van der Waals surface area (Å²) in [5, 5.41) is 0. The highest BCUT2D eigenvalue weighted by Crippen LogP contribution is 2.24. The number of benzene rings is 1. The van der Waals surface area contributed by atoms with Gasteiger partial charge in [-0.05, 0) is 5.56 Å². The first kappa shape index (κ1) is 8.41. The molecule has 1 aliphatic heterocycles. The summed E-state index contributed by atoms with van der Waals surface area (Å²) < 4.78 is 10.4. The van der Waals surface area contributed by atoms with Crippen LogP contribution in [0.15, 0.2) is 30.3 Å². The molecule has 0 amide bonds. The summed E-state index contributed by atoms with van der Waals surface area (Å²) in [6.45, 7) is 0.452. The fourth-order valence-corrected chi connectivity index (χ4v) is 1.34. The van der Waals surface area contributed by atoms with Crippen molar-refractivity contribution in [2.45, 2.75) is 12.4 Å². The molecule has 2 rings (SSSR count). The van der Waals surface area contributed by atoms with E-state index in [9.17, 15) is 4.79 Å². The average Bonchev–Trinajstić information content (AvgIpc) is 2.67. The Hall–Kier alpha value is -1.19. The maximum atomic E-state index is 10.3. The van der Waals surface area contributed by atoms with Crippen molar-refractivity contribution in [3.8, 4) is 0 Å². The third-order valence-electron chi connectivity index (χ3n) is 1.99. The largest absolute Gasteiger partial charge is 0.343 e. The molecule has 1 aliphatic rings. The molecule has 3 heteroatoms. The number of hydrogen-bond donors (Lipinski definition) is 0. The predicted molar refractivity (Wildman–Crippen MR) is 46.1 cm³/mol. The Kier molecular flexibility index (Phi) is 2.38. The minimum absolute atomic E-state index is 0.101. The Balaban J connectivity index is 2.08. The number of carbonyl (C=O) groups is 1. The van der Waals surface area contributed by atoms with E-state index in [4.69, 9.17) is 9.47 Å². The molecule has 13 heavy (non-hydrogen) atoms. The van der Waals surface area contributed by atoms with Crippen LogP contribution in [0.5, 0.6) is 0 Å². The molecule has 1 aromatic rings. The van der Waals surface area contributed by atoms with E-state index in [0.29, 0.717) is 12.9 Å². The van der Waals surface area contributed by atoms with Crippen LogP contribution in [0.4, 0.5) is 0 Å². The first-order valence-electron chi connectivity index (χ1n) is 4.17. The van der Waals surface area contributed by atoms with Gasteiger partial charge in [0, 0.05) is 0 Å². The molecular formula is C10H10O3. The van der Waals surface area contributed by atoms with Crippen molar-refractivity contribution in [1.82, 2.24) is 0 Å². The van der Waals surface area contributed by atoms with Gasteiger partial charge in [0.05, 0.1) is 6.61 Å². The molecule has 2 atom stereocenters. The van der Waals surface area contributed by atoms with Crippen molar-refractivity contribution in [3.63, 3.8) is 0 Å². The zero-order valence-corrected chi connectivity index (χ0v) is 7.05. The van der Waals surface area contributed by atoms with E-state index in [1.165, 1.54) is 0 Å². The summed E-state index contributed by atoms with van der Waals surface area (Å²) in [5.41, 5.74) is 1.05. The fourth-order valence-electron chi connectivity index (χ4n) is 1.34. The molecule has 1 fully saturated rings. The molecule has 0 saturated carbocycles. The zero-order chi connectivity index (χ0) is 9.10. The van der Waals surface area contributed by atoms with Crippen molar-refractivity contribution < 1.29 is 14.3 Å². The van der Waals surface area contributed by atoms with Crippen LogP contribution in [0.25, 0.3) is 0 Å². The molecule has 68 valence electrons. The van der Waals surface area contributed by atoms with Gasteiger partial charge in [-0.25, -0.2) is 0 Å². The third kappa shape index (κ3) is 1.76.